The molecule has 0 fully saturated rings. The summed E-state index contributed by atoms with van der Waals surface area (Å²) in [5.74, 6) is 0.584. The lowest BCUT2D eigenvalue weighted by Gasteiger charge is -2.19. The molecule has 0 spiro atoms. The van der Waals surface area contributed by atoms with Gasteiger partial charge in [0, 0.05) is 22.0 Å². The van der Waals surface area contributed by atoms with E-state index < -0.39 is 6.10 Å². The molecule has 0 aliphatic carbocycles. The predicted molar refractivity (Wildman–Crippen MR) is 108 cm³/mol. The highest BCUT2D eigenvalue weighted by Crippen LogP contribution is 2.43. The SMILES string of the molecule is CSc1nnc2c(n1)OC(c1cc(Br)cc(Br)c1O)Cc1ccccc1-2. The van der Waals surface area contributed by atoms with Crippen LogP contribution in [0.15, 0.2) is 50.5 Å². The standard InChI is InChI=1S/C18H13Br2N3O2S/c1-26-18-21-17-15(22-23-18)11-5-3-2-4-9(11)6-14(25-17)12-7-10(19)8-13(20)16(12)24/h2-5,7-8,14,24H,6H2,1H3. The van der Waals surface area contributed by atoms with E-state index in [1.165, 1.54) is 11.8 Å². The molecule has 0 amide bonds. The summed E-state index contributed by atoms with van der Waals surface area (Å²) in [5.41, 5.74) is 3.32. The first-order chi connectivity index (χ1) is 12.6. The van der Waals surface area contributed by atoms with Gasteiger partial charge >= 0.3 is 0 Å². The Bertz CT molecular complexity index is 1000. The van der Waals surface area contributed by atoms with E-state index in [1.54, 1.807) is 6.07 Å². The third-order valence-corrected chi connectivity index (χ3v) is 5.75. The third-order valence-electron chi connectivity index (χ3n) is 4.15. The minimum absolute atomic E-state index is 0.159. The number of aromatic nitrogens is 3. The van der Waals surface area contributed by atoms with E-state index >= 15 is 0 Å². The van der Waals surface area contributed by atoms with Crippen LogP contribution < -0.4 is 4.74 Å². The van der Waals surface area contributed by atoms with Gasteiger partial charge in [0.25, 0.3) is 0 Å². The zero-order valence-electron chi connectivity index (χ0n) is 13.6. The van der Waals surface area contributed by atoms with E-state index in [4.69, 9.17) is 4.74 Å². The average molecular weight is 495 g/mol. The summed E-state index contributed by atoms with van der Waals surface area (Å²) in [6.45, 7) is 0. The molecule has 8 heteroatoms. The van der Waals surface area contributed by atoms with Crippen molar-refractivity contribution in [1.82, 2.24) is 15.2 Å². The zero-order valence-corrected chi connectivity index (χ0v) is 17.6. The number of hydrogen-bond donors (Lipinski definition) is 1. The molecule has 1 atom stereocenters. The number of thioether (sulfide) groups is 1. The number of nitrogens with zero attached hydrogens (tertiary/aromatic N) is 3. The van der Waals surface area contributed by atoms with Crippen LogP contribution in [-0.4, -0.2) is 26.5 Å². The monoisotopic (exact) mass is 493 g/mol. The quantitative estimate of drug-likeness (QED) is 0.496. The molecule has 3 aromatic rings. The fourth-order valence-corrected chi connectivity index (χ4v) is 4.50. The second kappa shape index (κ2) is 7.17. The van der Waals surface area contributed by atoms with Gasteiger partial charge in [0.05, 0.1) is 4.47 Å². The van der Waals surface area contributed by atoms with Crippen molar-refractivity contribution in [2.24, 2.45) is 0 Å². The molecule has 26 heavy (non-hydrogen) atoms. The highest BCUT2D eigenvalue weighted by Gasteiger charge is 2.28. The van der Waals surface area contributed by atoms with E-state index in [2.05, 4.69) is 47.0 Å². The fraction of sp³-hybridized carbons (Fsp3) is 0.167. The summed E-state index contributed by atoms with van der Waals surface area (Å²) in [6.07, 6.45) is 2.07. The minimum atomic E-state index is -0.405. The van der Waals surface area contributed by atoms with Crippen LogP contribution >= 0.6 is 43.6 Å². The largest absolute Gasteiger partial charge is 0.506 e. The van der Waals surface area contributed by atoms with Crippen LogP contribution in [0.3, 0.4) is 0 Å². The molecule has 2 heterocycles. The lowest BCUT2D eigenvalue weighted by molar-refractivity contribution is 0.194. The topological polar surface area (TPSA) is 68.1 Å². The second-order valence-electron chi connectivity index (χ2n) is 5.75. The molecule has 0 radical (unpaired) electrons. The Kier molecular flexibility index (Phi) is 4.90. The van der Waals surface area contributed by atoms with Crippen LogP contribution in [0.1, 0.15) is 17.2 Å². The Balaban J connectivity index is 1.90. The molecule has 0 saturated heterocycles. The van der Waals surface area contributed by atoms with Crippen LogP contribution in [0.4, 0.5) is 0 Å². The molecule has 1 unspecified atom stereocenters. The lowest BCUT2D eigenvalue weighted by atomic mass is 9.97. The lowest BCUT2D eigenvalue weighted by Crippen LogP contribution is -2.11. The van der Waals surface area contributed by atoms with Crippen LogP contribution in [0.2, 0.25) is 0 Å². The van der Waals surface area contributed by atoms with Gasteiger partial charge in [-0.25, -0.2) is 0 Å². The molecular weight excluding hydrogens is 482 g/mol. The van der Waals surface area contributed by atoms with Gasteiger partial charge in [-0.1, -0.05) is 52.0 Å². The van der Waals surface area contributed by atoms with Crippen molar-refractivity contribution in [2.45, 2.75) is 17.7 Å². The van der Waals surface area contributed by atoms with Crippen LogP contribution in [0, 0.1) is 0 Å². The molecule has 0 bridgehead atoms. The van der Waals surface area contributed by atoms with Crippen molar-refractivity contribution >= 4 is 43.6 Å². The van der Waals surface area contributed by atoms with Gasteiger partial charge in [0.2, 0.25) is 11.0 Å². The first-order valence-corrected chi connectivity index (χ1v) is 10.6. The Morgan fingerprint density at radius 1 is 1.19 bits per heavy atom. The van der Waals surface area contributed by atoms with Crippen molar-refractivity contribution in [1.29, 1.82) is 0 Å². The van der Waals surface area contributed by atoms with Crippen molar-refractivity contribution < 1.29 is 9.84 Å². The van der Waals surface area contributed by atoms with Gasteiger partial charge in [0.1, 0.15) is 11.9 Å². The Morgan fingerprint density at radius 3 is 2.81 bits per heavy atom. The number of phenolic OH excluding ortho intramolecular Hbond substituents is 1. The third kappa shape index (κ3) is 3.21. The number of ether oxygens (including phenoxy) is 1. The summed E-state index contributed by atoms with van der Waals surface area (Å²) in [4.78, 5) is 4.50. The van der Waals surface area contributed by atoms with Gasteiger partial charge in [-0.05, 0) is 39.9 Å². The van der Waals surface area contributed by atoms with E-state index in [1.807, 2.05) is 36.6 Å². The molecule has 2 aromatic carbocycles. The minimum Gasteiger partial charge on any atom is -0.506 e. The van der Waals surface area contributed by atoms with Crippen molar-refractivity contribution in [3.05, 3.63) is 56.5 Å². The summed E-state index contributed by atoms with van der Waals surface area (Å²) in [6, 6.07) is 11.6. The van der Waals surface area contributed by atoms with Gasteiger partial charge in [-0.15, -0.1) is 10.2 Å². The van der Waals surface area contributed by atoms with Gasteiger partial charge in [-0.3, -0.25) is 0 Å². The number of benzene rings is 2. The highest BCUT2D eigenvalue weighted by molar-refractivity contribution is 9.11. The summed E-state index contributed by atoms with van der Waals surface area (Å²) < 4.78 is 7.69. The Morgan fingerprint density at radius 2 is 2.00 bits per heavy atom. The Labute approximate surface area is 171 Å². The van der Waals surface area contributed by atoms with Crippen molar-refractivity contribution in [3.8, 4) is 22.9 Å². The van der Waals surface area contributed by atoms with Crippen LogP contribution in [0.5, 0.6) is 11.6 Å². The number of rotatable bonds is 2. The molecule has 1 N–H and O–H groups in total. The van der Waals surface area contributed by atoms with Gasteiger partial charge in [-0.2, -0.15) is 4.98 Å². The maximum absolute atomic E-state index is 10.6. The molecule has 1 aliphatic heterocycles. The zero-order chi connectivity index (χ0) is 18.3. The first kappa shape index (κ1) is 17.8. The average Bonchev–Trinajstić information content (AvgIpc) is 2.80. The van der Waals surface area contributed by atoms with Gasteiger partial charge < -0.3 is 9.84 Å². The maximum Gasteiger partial charge on any atom is 0.245 e. The van der Waals surface area contributed by atoms with Gasteiger partial charge in [0.15, 0.2) is 5.69 Å². The molecule has 0 saturated carbocycles. The normalized spacial score (nSPS) is 15.6. The maximum atomic E-state index is 10.6. The first-order valence-electron chi connectivity index (χ1n) is 7.78. The second-order valence-corrected chi connectivity index (χ2v) is 8.29. The van der Waals surface area contributed by atoms with Crippen molar-refractivity contribution in [2.75, 3.05) is 6.26 Å². The number of aromatic hydroxyl groups is 1. The molecule has 5 nitrogen and oxygen atoms in total. The summed E-state index contributed by atoms with van der Waals surface area (Å²) in [7, 11) is 0. The smallest absolute Gasteiger partial charge is 0.245 e. The molecule has 1 aliphatic rings. The number of phenols is 1. The number of halogens is 2. The number of hydrogen-bond acceptors (Lipinski definition) is 6. The van der Waals surface area contributed by atoms with E-state index in [9.17, 15) is 5.11 Å². The highest BCUT2D eigenvalue weighted by atomic mass is 79.9. The molecule has 1 aromatic heterocycles. The number of fused-ring (bicyclic) bond motifs is 3. The molecular formula is C18H13Br2N3O2S. The Hall–Kier alpha value is -1.64. The van der Waals surface area contributed by atoms with Crippen molar-refractivity contribution in [3.63, 3.8) is 0 Å². The van der Waals surface area contributed by atoms with E-state index in [0.717, 1.165) is 15.6 Å². The predicted octanol–water partition coefficient (Wildman–Crippen LogP) is 5.17. The van der Waals surface area contributed by atoms with E-state index in [0.29, 0.717) is 33.2 Å². The van der Waals surface area contributed by atoms with Crippen LogP contribution in [-0.2, 0) is 6.42 Å². The summed E-state index contributed by atoms with van der Waals surface area (Å²) >= 11 is 8.28. The van der Waals surface area contributed by atoms with Crippen LogP contribution in [0.25, 0.3) is 11.3 Å². The summed E-state index contributed by atoms with van der Waals surface area (Å²) in [5, 5.41) is 19.6. The van der Waals surface area contributed by atoms with E-state index in [-0.39, 0.29) is 5.75 Å². The fourth-order valence-electron chi connectivity index (χ4n) is 2.95. The molecule has 132 valence electrons. The molecule has 4 rings (SSSR count).